The van der Waals surface area contributed by atoms with Gasteiger partial charge in [0.25, 0.3) is 0 Å². The Morgan fingerprint density at radius 1 is 0.800 bits per heavy atom. The first kappa shape index (κ1) is 22.0. The highest BCUT2D eigenvalue weighted by atomic mass is 15.2. The van der Waals surface area contributed by atoms with E-state index in [4.69, 9.17) is 0 Å². The van der Waals surface area contributed by atoms with Crippen LogP contribution >= 0.6 is 0 Å². The molecule has 1 rings (SSSR count). The zero-order valence-electron chi connectivity index (χ0n) is 17.0. The number of hydrogen-bond acceptors (Lipinski definition) is 2. The van der Waals surface area contributed by atoms with Crippen molar-refractivity contribution in [2.75, 3.05) is 19.6 Å². The largest absolute Gasteiger partial charge is 0.359 e. The summed E-state index contributed by atoms with van der Waals surface area (Å²) >= 11 is 0. The second-order valence-electron chi connectivity index (χ2n) is 7.21. The number of aliphatic imine (C=N–C) groups is 1. The molecule has 0 bridgehead atoms. The van der Waals surface area contributed by atoms with Gasteiger partial charge < -0.3 is 4.90 Å². The second kappa shape index (κ2) is 16.4. The van der Waals surface area contributed by atoms with Crippen LogP contribution < -0.4 is 0 Å². The molecular formula is C23H42N2. The minimum absolute atomic E-state index is 1.02. The van der Waals surface area contributed by atoms with E-state index < -0.39 is 0 Å². The van der Waals surface area contributed by atoms with Crippen LogP contribution in [0.25, 0.3) is 0 Å². The predicted octanol–water partition coefficient (Wildman–Crippen LogP) is 6.92. The Labute approximate surface area is 157 Å². The van der Waals surface area contributed by atoms with Crippen LogP contribution in [0.3, 0.4) is 0 Å². The minimum atomic E-state index is 1.02. The van der Waals surface area contributed by atoms with Crippen molar-refractivity contribution in [3.63, 3.8) is 0 Å². The molecule has 0 spiro atoms. The summed E-state index contributed by atoms with van der Waals surface area (Å²) in [5.74, 6) is 1.37. The van der Waals surface area contributed by atoms with Crippen molar-refractivity contribution in [2.45, 2.75) is 97.3 Å². The van der Waals surface area contributed by atoms with Crippen molar-refractivity contribution in [3.05, 3.63) is 24.3 Å². The molecule has 1 aliphatic rings. The smallest absolute Gasteiger partial charge is 0.0990 e. The van der Waals surface area contributed by atoms with Gasteiger partial charge in [0.05, 0.1) is 12.4 Å². The number of allylic oxidation sites excluding steroid dienone is 4. The molecule has 0 unspecified atom stereocenters. The monoisotopic (exact) mass is 346 g/mol. The normalized spacial score (nSPS) is 15.0. The van der Waals surface area contributed by atoms with Gasteiger partial charge in [0.1, 0.15) is 0 Å². The summed E-state index contributed by atoms with van der Waals surface area (Å²) in [6.07, 6.45) is 26.4. The van der Waals surface area contributed by atoms with Crippen LogP contribution in [0.15, 0.2) is 29.3 Å². The molecule has 0 fully saturated rings. The van der Waals surface area contributed by atoms with Crippen LogP contribution in [0.4, 0.5) is 0 Å². The van der Waals surface area contributed by atoms with Crippen LogP contribution in [0.5, 0.6) is 0 Å². The van der Waals surface area contributed by atoms with E-state index in [2.05, 4.69) is 48.0 Å². The number of likely N-dealkylation sites (N-methyl/N-ethyl adjacent to an activating group) is 1. The number of amidine groups is 1. The Morgan fingerprint density at radius 3 is 2.12 bits per heavy atom. The zero-order chi connectivity index (χ0) is 18.0. The standard InChI is InChI=1S/C23H42N2/c1-3-5-6-7-8-9-10-11-12-13-14-15-16-17-18-19-20-23-24-21-22-25(23)4-2/h8-9,11-12H,3-7,10,13-22H2,1-2H3/b9-8-,12-11-. The molecule has 0 atom stereocenters. The van der Waals surface area contributed by atoms with Gasteiger partial charge in [-0.3, -0.25) is 4.99 Å². The predicted molar refractivity (Wildman–Crippen MR) is 114 cm³/mol. The molecule has 0 aromatic carbocycles. The third-order valence-corrected chi connectivity index (χ3v) is 5.01. The maximum absolute atomic E-state index is 4.63. The van der Waals surface area contributed by atoms with E-state index in [0.717, 1.165) is 26.1 Å². The molecule has 0 aromatic heterocycles. The summed E-state index contributed by atoms with van der Waals surface area (Å²) in [4.78, 5) is 7.06. The first-order valence-electron chi connectivity index (χ1n) is 11.0. The summed E-state index contributed by atoms with van der Waals surface area (Å²) in [5.41, 5.74) is 0. The number of rotatable bonds is 16. The molecule has 0 aromatic rings. The third kappa shape index (κ3) is 12.0. The van der Waals surface area contributed by atoms with Crippen LogP contribution in [-0.2, 0) is 0 Å². The van der Waals surface area contributed by atoms with Gasteiger partial charge in [-0.1, -0.05) is 69.8 Å². The molecule has 1 heterocycles. The Balaban J connectivity index is 1.82. The number of unbranched alkanes of at least 4 members (excludes halogenated alkanes) is 9. The SMILES string of the molecule is CCCCC/C=C\C/C=C\CCCCCCCCC1=NCCN1CC. The fourth-order valence-corrected chi connectivity index (χ4v) is 3.38. The second-order valence-corrected chi connectivity index (χ2v) is 7.21. The summed E-state index contributed by atoms with van der Waals surface area (Å²) in [7, 11) is 0. The van der Waals surface area contributed by atoms with E-state index in [-0.39, 0.29) is 0 Å². The van der Waals surface area contributed by atoms with Gasteiger partial charge in [-0.05, 0) is 45.4 Å². The Morgan fingerprint density at radius 2 is 1.44 bits per heavy atom. The van der Waals surface area contributed by atoms with Crippen molar-refractivity contribution >= 4 is 5.84 Å². The third-order valence-electron chi connectivity index (χ3n) is 5.01. The number of nitrogens with zero attached hydrogens (tertiary/aromatic N) is 2. The van der Waals surface area contributed by atoms with E-state index in [0.29, 0.717) is 0 Å². The van der Waals surface area contributed by atoms with E-state index in [1.54, 1.807) is 0 Å². The first-order chi connectivity index (χ1) is 12.4. The highest BCUT2D eigenvalue weighted by Crippen LogP contribution is 2.12. The molecule has 0 N–H and O–H groups in total. The minimum Gasteiger partial charge on any atom is -0.359 e. The molecule has 2 nitrogen and oxygen atoms in total. The van der Waals surface area contributed by atoms with E-state index in [1.165, 1.54) is 82.9 Å². The van der Waals surface area contributed by atoms with Gasteiger partial charge >= 0.3 is 0 Å². The lowest BCUT2D eigenvalue weighted by Crippen LogP contribution is -2.27. The van der Waals surface area contributed by atoms with Gasteiger partial charge in [-0.2, -0.15) is 0 Å². The van der Waals surface area contributed by atoms with Gasteiger partial charge in [-0.25, -0.2) is 0 Å². The van der Waals surface area contributed by atoms with Crippen molar-refractivity contribution < 1.29 is 0 Å². The summed E-state index contributed by atoms with van der Waals surface area (Å²) in [6, 6.07) is 0. The van der Waals surface area contributed by atoms with Crippen molar-refractivity contribution in [1.29, 1.82) is 0 Å². The highest BCUT2D eigenvalue weighted by Gasteiger charge is 2.13. The van der Waals surface area contributed by atoms with Crippen LogP contribution in [0.2, 0.25) is 0 Å². The number of hydrogen-bond donors (Lipinski definition) is 0. The molecular weight excluding hydrogens is 304 g/mol. The molecule has 0 amide bonds. The van der Waals surface area contributed by atoms with Crippen molar-refractivity contribution in [1.82, 2.24) is 4.90 Å². The molecule has 1 aliphatic heterocycles. The lowest BCUT2D eigenvalue weighted by atomic mass is 10.1. The summed E-state index contributed by atoms with van der Waals surface area (Å²) < 4.78 is 0. The highest BCUT2D eigenvalue weighted by molar-refractivity contribution is 5.83. The maximum atomic E-state index is 4.63. The van der Waals surface area contributed by atoms with Crippen LogP contribution in [-0.4, -0.2) is 30.4 Å². The average molecular weight is 347 g/mol. The molecule has 0 saturated carbocycles. The Kier molecular flexibility index (Phi) is 14.4. The fraction of sp³-hybridized carbons (Fsp3) is 0.783. The maximum Gasteiger partial charge on any atom is 0.0990 e. The molecule has 144 valence electrons. The molecule has 0 aliphatic carbocycles. The van der Waals surface area contributed by atoms with Crippen molar-refractivity contribution in [3.8, 4) is 0 Å². The zero-order valence-corrected chi connectivity index (χ0v) is 17.0. The first-order valence-corrected chi connectivity index (χ1v) is 11.0. The van der Waals surface area contributed by atoms with Gasteiger partial charge in [0, 0.05) is 19.5 Å². The van der Waals surface area contributed by atoms with E-state index in [1.807, 2.05) is 0 Å². The summed E-state index contributed by atoms with van der Waals surface area (Å²) in [5, 5.41) is 0. The lowest BCUT2D eigenvalue weighted by molar-refractivity contribution is 0.470. The van der Waals surface area contributed by atoms with Crippen LogP contribution in [0, 0.1) is 0 Å². The summed E-state index contributed by atoms with van der Waals surface area (Å²) in [6.45, 7) is 7.79. The Hall–Kier alpha value is -1.05. The average Bonchev–Trinajstić information content (AvgIpc) is 3.09. The topological polar surface area (TPSA) is 15.6 Å². The van der Waals surface area contributed by atoms with Crippen LogP contribution in [0.1, 0.15) is 97.3 Å². The van der Waals surface area contributed by atoms with E-state index >= 15 is 0 Å². The quantitative estimate of drug-likeness (QED) is 0.219. The van der Waals surface area contributed by atoms with Crippen molar-refractivity contribution in [2.24, 2.45) is 4.99 Å². The van der Waals surface area contributed by atoms with E-state index in [9.17, 15) is 0 Å². The van der Waals surface area contributed by atoms with Gasteiger partial charge in [0.2, 0.25) is 0 Å². The van der Waals surface area contributed by atoms with Gasteiger partial charge in [0.15, 0.2) is 0 Å². The Bertz CT molecular complexity index is 382. The van der Waals surface area contributed by atoms with Gasteiger partial charge in [-0.15, -0.1) is 0 Å². The molecule has 25 heavy (non-hydrogen) atoms. The lowest BCUT2D eigenvalue weighted by Gasteiger charge is -2.17. The molecule has 2 heteroatoms. The fourth-order valence-electron chi connectivity index (χ4n) is 3.38. The molecule has 0 radical (unpaired) electrons. The molecule has 0 saturated heterocycles.